The van der Waals surface area contributed by atoms with Gasteiger partial charge in [-0.2, -0.15) is 0 Å². The van der Waals surface area contributed by atoms with Crippen molar-refractivity contribution in [1.82, 2.24) is 4.98 Å². The maximum Gasteiger partial charge on any atom is 0.354 e. The van der Waals surface area contributed by atoms with Gasteiger partial charge in [0.15, 0.2) is 9.84 Å². The van der Waals surface area contributed by atoms with Crippen LogP contribution >= 0.6 is 11.8 Å². The van der Waals surface area contributed by atoms with E-state index in [4.69, 9.17) is 5.11 Å². The SMILES string of the molecule is CCS(=O)(=O)c1ccc(Sc2ccnc(C(=O)O)c2)cc1. The molecule has 0 fully saturated rings. The van der Waals surface area contributed by atoms with Gasteiger partial charge in [0, 0.05) is 16.0 Å². The maximum atomic E-state index is 11.7. The van der Waals surface area contributed by atoms with Crippen molar-refractivity contribution in [2.45, 2.75) is 21.6 Å². The van der Waals surface area contributed by atoms with Gasteiger partial charge in [-0.15, -0.1) is 0 Å². The minimum absolute atomic E-state index is 0.0230. The van der Waals surface area contributed by atoms with Crippen molar-refractivity contribution < 1.29 is 18.3 Å². The van der Waals surface area contributed by atoms with Gasteiger partial charge < -0.3 is 5.11 Å². The Balaban J connectivity index is 2.21. The zero-order valence-electron chi connectivity index (χ0n) is 11.2. The summed E-state index contributed by atoms with van der Waals surface area (Å²) in [5.74, 6) is -1.02. The van der Waals surface area contributed by atoms with Gasteiger partial charge in [0.1, 0.15) is 5.69 Å². The van der Waals surface area contributed by atoms with Gasteiger partial charge >= 0.3 is 5.97 Å². The second kappa shape index (κ2) is 6.28. The van der Waals surface area contributed by atoms with E-state index in [1.807, 2.05) is 0 Å². The third-order valence-electron chi connectivity index (χ3n) is 2.75. The number of hydrogen-bond acceptors (Lipinski definition) is 5. The van der Waals surface area contributed by atoms with Crippen molar-refractivity contribution in [1.29, 1.82) is 0 Å². The fourth-order valence-electron chi connectivity index (χ4n) is 1.61. The summed E-state index contributed by atoms with van der Waals surface area (Å²) in [5.41, 5.74) is -0.0230. The summed E-state index contributed by atoms with van der Waals surface area (Å²) in [6.07, 6.45) is 1.43. The predicted octanol–water partition coefficient (Wildman–Crippen LogP) is 2.72. The van der Waals surface area contributed by atoms with Gasteiger partial charge in [-0.3, -0.25) is 0 Å². The maximum absolute atomic E-state index is 11.7. The largest absolute Gasteiger partial charge is 0.477 e. The van der Waals surface area contributed by atoms with E-state index in [1.54, 1.807) is 37.3 Å². The Kier molecular flexibility index (Phi) is 4.64. The molecule has 21 heavy (non-hydrogen) atoms. The summed E-state index contributed by atoms with van der Waals surface area (Å²) in [6.45, 7) is 1.60. The number of sulfone groups is 1. The first-order chi connectivity index (χ1) is 9.92. The van der Waals surface area contributed by atoms with E-state index in [1.165, 1.54) is 24.0 Å². The van der Waals surface area contributed by atoms with Crippen LogP contribution in [0.4, 0.5) is 0 Å². The number of aromatic nitrogens is 1. The second-order valence-corrected chi connectivity index (χ2v) is 7.58. The van der Waals surface area contributed by atoms with Gasteiger partial charge in [0.05, 0.1) is 10.6 Å². The van der Waals surface area contributed by atoms with E-state index in [0.29, 0.717) is 0 Å². The molecule has 0 saturated heterocycles. The Hall–Kier alpha value is -1.86. The Morgan fingerprint density at radius 2 is 1.86 bits per heavy atom. The Labute approximate surface area is 127 Å². The summed E-state index contributed by atoms with van der Waals surface area (Å²) in [5, 5.41) is 8.89. The molecule has 5 nitrogen and oxygen atoms in total. The number of aromatic carboxylic acids is 1. The molecule has 0 spiro atoms. The van der Waals surface area contributed by atoms with E-state index < -0.39 is 15.8 Å². The molecule has 0 unspecified atom stereocenters. The van der Waals surface area contributed by atoms with Crippen molar-refractivity contribution in [2.75, 3.05) is 5.75 Å². The fraction of sp³-hybridized carbons (Fsp3) is 0.143. The van der Waals surface area contributed by atoms with E-state index >= 15 is 0 Å². The Morgan fingerprint density at radius 1 is 1.19 bits per heavy atom. The third-order valence-corrected chi connectivity index (χ3v) is 5.50. The molecule has 1 aromatic carbocycles. The molecular formula is C14H13NO4S2. The molecule has 0 atom stereocenters. The van der Waals surface area contributed by atoms with Gasteiger partial charge in [-0.05, 0) is 36.4 Å². The van der Waals surface area contributed by atoms with Gasteiger partial charge in [0.2, 0.25) is 0 Å². The smallest absolute Gasteiger partial charge is 0.354 e. The molecule has 7 heteroatoms. The van der Waals surface area contributed by atoms with Crippen LogP contribution in [0, 0.1) is 0 Å². The van der Waals surface area contributed by atoms with Crippen LogP contribution in [0.1, 0.15) is 17.4 Å². The number of carboxylic acid groups (broad SMARTS) is 1. The Bertz CT molecular complexity index is 755. The minimum Gasteiger partial charge on any atom is -0.477 e. The topological polar surface area (TPSA) is 84.3 Å². The normalized spacial score (nSPS) is 11.3. The number of carbonyl (C=O) groups is 1. The van der Waals surface area contributed by atoms with Crippen LogP contribution in [0.25, 0.3) is 0 Å². The summed E-state index contributed by atoms with van der Waals surface area (Å²) in [6, 6.07) is 9.70. The molecule has 1 aromatic heterocycles. The lowest BCUT2D eigenvalue weighted by molar-refractivity contribution is 0.0690. The monoisotopic (exact) mass is 323 g/mol. The van der Waals surface area contributed by atoms with Crippen molar-refractivity contribution in [3.8, 4) is 0 Å². The number of nitrogens with zero attached hydrogens (tertiary/aromatic N) is 1. The number of rotatable bonds is 5. The lowest BCUT2D eigenvalue weighted by atomic mass is 10.3. The van der Waals surface area contributed by atoms with Gasteiger partial charge in [-0.1, -0.05) is 18.7 Å². The molecular weight excluding hydrogens is 310 g/mol. The van der Waals surface area contributed by atoms with E-state index in [-0.39, 0.29) is 16.3 Å². The molecule has 1 heterocycles. The van der Waals surface area contributed by atoms with Crippen LogP contribution in [-0.4, -0.2) is 30.2 Å². The van der Waals surface area contributed by atoms with Crippen molar-refractivity contribution in [3.05, 3.63) is 48.3 Å². The number of benzene rings is 1. The molecule has 0 bridgehead atoms. The Morgan fingerprint density at radius 3 is 2.43 bits per heavy atom. The van der Waals surface area contributed by atoms with Crippen molar-refractivity contribution >= 4 is 27.6 Å². The second-order valence-electron chi connectivity index (χ2n) is 4.16. The standard InChI is InChI=1S/C14H13NO4S2/c1-2-21(18,19)12-5-3-10(4-6-12)20-11-7-8-15-13(9-11)14(16)17/h3-9H,2H2,1H3,(H,16,17). The molecule has 0 saturated carbocycles. The summed E-state index contributed by atoms with van der Waals surface area (Å²) >= 11 is 1.35. The van der Waals surface area contributed by atoms with Crippen LogP contribution < -0.4 is 0 Å². The summed E-state index contributed by atoms with van der Waals surface area (Å²) < 4.78 is 23.4. The fourth-order valence-corrected chi connectivity index (χ4v) is 3.34. The molecule has 110 valence electrons. The summed E-state index contributed by atoms with van der Waals surface area (Å²) in [4.78, 5) is 16.4. The third kappa shape index (κ3) is 3.83. The molecule has 0 aliphatic rings. The highest BCUT2D eigenvalue weighted by Crippen LogP contribution is 2.28. The molecule has 0 aliphatic carbocycles. The molecule has 1 N–H and O–H groups in total. The van der Waals surface area contributed by atoms with Gasteiger partial charge in [-0.25, -0.2) is 18.2 Å². The highest BCUT2D eigenvalue weighted by molar-refractivity contribution is 7.99. The quantitative estimate of drug-likeness (QED) is 0.911. The molecule has 0 amide bonds. The van der Waals surface area contributed by atoms with E-state index in [9.17, 15) is 13.2 Å². The van der Waals surface area contributed by atoms with Crippen molar-refractivity contribution in [2.24, 2.45) is 0 Å². The van der Waals surface area contributed by atoms with Crippen molar-refractivity contribution in [3.63, 3.8) is 0 Å². The molecule has 0 radical (unpaired) electrons. The lowest BCUT2D eigenvalue weighted by Crippen LogP contribution is -2.03. The number of pyridine rings is 1. The number of hydrogen-bond donors (Lipinski definition) is 1. The highest BCUT2D eigenvalue weighted by Gasteiger charge is 2.11. The molecule has 2 aromatic rings. The van der Waals surface area contributed by atoms with Crippen LogP contribution in [0.2, 0.25) is 0 Å². The average molecular weight is 323 g/mol. The minimum atomic E-state index is -3.20. The number of carboxylic acids is 1. The first-order valence-electron chi connectivity index (χ1n) is 6.12. The lowest BCUT2D eigenvalue weighted by Gasteiger charge is -2.05. The van der Waals surface area contributed by atoms with Crippen LogP contribution in [0.5, 0.6) is 0 Å². The average Bonchev–Trinajstić information content (AvgIpc) is 2.48. The first kappa shape index (κ1) is 15.5. The van der Waals surface area contributed by atoms with Gasteiger partial charge in [0.25, 0.3) is 0 Å². The van der Waals surface area contributed by atoms with Crippen LogP contribution in [0.15, 0.2) is 57.3 Å². The highest BCUT2D eigenvalue weighted by atomic mass is 32.2. The zero-order valence-corrected chi connectivity index (χ0v) is 12.8. The molecule has 2 rings (SSSR count). The molecule has 0 aliphatic heterocycles. The van der Waals surface area contributed by atoms with Crippen LogP contribution in [-0.2, 0) is 9.84 Å². The zero-order chi connectivity index (χ0) is 15.5. The summed E-state index contributed by atoms with van der Waals surface area (Å²) in [7, 11) is -3.20. The van der Waals surface area contributed by atoms with Crippen LogP contribution in [0.3, 0.4) is 0 Å². The van der Waals surface area contributed by atoms with E-state index in [0.717, 1.165) is 9.79 Å². The van der Waals surface area contributed by atoms with E-state index in [2.05, 4.69) is 4.98 Å². The first-order valence-corrected chi connectivity index (χ1v) is 8.59. The predicted molar refractivity (Wildman–Crippen MR) is 79.5 cm³/mol.